The predicted molar refractivity (Wildman–Crippen MR) is 95.8 cm³/mol. The number of anilines is 1. The third kappa shape index (κ3) is 3.60. The summed E-state index contributed by atoms with van der Waals surface area (Å²) >= 11 is 0. The van der Waals surface area contributed by atoms with Crippen LogP contribution in [0.25, 0.3) is 11.5 Å². The molecule has 2 atom stereocenters. The highest BCUT2D eigenvalue weighted by Crippen LogP contribution is 2.33. The number of benzene rings is 2. The van der Waals surface area contributed by atoms with Gasteiger partial charge in [0.25, 0.3) is 0 Å². The molecule has 1 saturated heterocycles. The maximum absolute atomic E-state index is 14.5. The molecule has 1 aromatic heterocycles. The highest BCUT2D eigenvalue weighted by atomic mass is 19.1. The SMILES string of the molecule is COc1cc(F)c(C2CNC(=O)[C@@H]2Nc2nnc(-c3ccc(F)cc3)o2)c(F)c1. The van der Waals surface area contributed by atoms with E-state index in [1.807, 2.05) is 0 Å². The number of hydrogen-bond acceptors (Lipinski definition) is 6. The Bertz CT molecular complexity index is 1030. The second-order valence-electron chi connectivity index (χ2n) is 6.40. The zero-order chi connectivity index (χ0) is 20.5. The number of carbonyl (C=O) groups excluding carboxylic acids is 1. The average molecular weight is 404 g/mol. The smallest absolute Gasteiger partial charge is 0.316 e. The Labute approximate surface area is 162 Å². The molecule has 29 heavy (non-hydrogen) atoms. The fourth-order valence-corrected chi connectivity index (χ4v) is 3.21. The summed E-state index contributed by atoms with van der Waals surface area (Å²) in [6.07, 6.45) is 0. The van der Waals surface area contributed by atoms with E-state index in [4.69, 9.17) is 9.15 Å². The largest absolute Gasteiger partial charge is 0.497 e. The monoisotopic (exact) mass is 404 g/mol. The van der Waals surface area contributed by atoms with Crippen molar-refractivity contribution in [3.05, 3.63) is 59.4 Å². The van der Waals surface area contributed by atoms with Gasteiger partial charge in [-0.1, -0.05) is 5.10 Å². The van der Waals surface area contributed by atoms with E-state index in [0.717, 1.165) is 12.1 Å². The summed E-state index contributed by atoms with van der Waals surface area (Å²) < 4.78 is 52.3. The van der Waals surface area contributed by atoms with Crippen molar-refractivity contribution in [2.24, 2.45) is 0 Å². The van der Waals surface area contributed by atoms with Crippen LogP contribution in [0.15, 0.2) is 40.8 Å². The zero-order valence-electron chi connectivity index (χ0n) is 15.1. The van der Waals surface area contributed by atoms with E-state index in [9.17, 15) is 18.0 Å². The van der Waals surface area contributed by atoms with Crippen molar-refractivity contribution in [1.82, 2.24) is 15.5 Å². The van der Waals surface area contributed by atoms with Gasteiger partial charge in [0.05, 0.1) is 7.11 Å². The van der Waals surface area contributed by atoms with E-state index in [1.165, 1.54) is 31.4 Å². The van der Waals surface area contributed by atoms with Gasteiger partial charge in [0.1, 0.15) is 29.2 Å². The fourth-order valence-electron chi connectivity index (χ4n) is 3.21. The van der Waals surface area contributed by atoms with Crippen LogP contribution in [-0.2, 0) is 4.79 Å². The highest BCUT2D eigenvalue weighted by molar-refractivity contribution is 5.88. The minimum Gasteiger partial charge on any atom is -0.497 e. The molecular weight excluding hydrogens is 389 g/mol. The van der Waals surface area contributed by atoms with Crippen LogP contribution in [0.5, 0.6) is 5.75 Å². The lowest BCUT2D eigenvalue weighted by molar-refractivity contribution is -0.119. The molecule has 1 aliphatic rings. The number of rotatable bonds is 5. The van der Waals surface area contributed by atoms with Crippen molar-refractivity contribution < 1.29 is 27.1 Å². The first kappa shape index (κ1) is 18.8. The summed E-state index contributed by atoms with van der Waals surface area (Å²) in [5.74, 6) is -3.25. The van der Waals surface area contributed by atoms with Gasteiger partial charge in [-0.2, -0.15) is 0 Å². The van der Waals surface area contributed by atoms with Crippen LogP contribution >= 0.6 is 0 Å². The summed E-state index contributed by atoms with van der Waals surface area (Å²) in [6.45, 7) is 0.0234. The van der Waals surface area contributed by atoms with Crippen LogP contribution in [0.4, 0.5) is 19.2 Å². The molecule has 0 aliphatic carbocycles. The van der Waals surface area contributed by atoms with E-state index in [2.05, 4.69) is 20.8 Å². The Kier molecular flexibility index (Phi) is 4.83. The first-order chi connectivity index (χ1) is 14.0. The first-order valence-corrected chi connectivity index (χ1v) is 8.63. The molecule has 4 rings (SSSR count). The first-order valence-electron chi connectivity index (χ1n) is 8.63. The number of carbonyl (C=O) groups is 1. The summed E-state index contributed by atoms with van der Waals surface area (Å²) in [5, 5.41) is 12.9. The zero-order valence-corrected chi connectivity index (χ0v) is 15.1. The van der Waals surface area contributed by atoms with Crippen LogP contribution in [0, 0.1) is 17.5 Å². The van der Waals surface area contributed by atoms with Crippen molar-refractivity contribution in [3.63, 3.8) is 0 Å². The Balaban J connectivity index is 1.59. The molecule has 3 aromatic rings. The van der Waals surface area contributed by atoms with Crippen molar-refractivity contribution >= 4 is 11.9 Å². The fraction of sp³-hybridized carbons (Fsp3) is 0.211. The van der Waals surface area contributed by atoms with E-state index in [0.29, 0.717) is 5.56 Å². The van der Waals surface area contributed by atoms with Gasteiger partial charge >= 0.3 is 6.01 Å². The Morgan fingerprint density at radius 1 is 1.14 bits per heavy atom. The van der Waals surface area contributed by atoms with Crippen LogP contribution in [-0.4, -0.2) is 35.8 Å². The van der Waals surface area contributed by atoms with Crippen molar-refractivity contribution in [3.8, 4) is 17.2 Å². The summed E-state index contributed by atoms with van der Waals surface area (Å²) in [6, 6.07) is 6.36. The van der Waals surface area contributed by atoms with Crippen molar-refractivity contribution in [2.45, 2.75) is 12.0 Å². The normalized spacial score (nSPS) is 18.6. The molecule has 1 unspecified atom stereocenters. The molecule has 2 N–H and O–H groups in total. The molecule has 2 heterocycles. The molecule has 0 bridgehead atoms. The molecule has 1 amide bonds. The molecule has 150 valence electrons. The topological polar surface area (TPSA) is 89.3 Å². The Morgan fingerprint density at radius 3 is 2.48 bits per heavy atom. The van der Waals surface area contributed by atoms with E-state index >= 15 is 0 Å². The Morgan fingerprint density at radius 2 is 1.83 bits per heavy atom. The van der Waals surface area contributed by atoms with Gasteiger partial charge in [-0.15, -0.1) is 5.10 Å². The summed E-state index contributed by atoms with van der Waals surface area (Å²) in [4.78, 5) is 12.2. The lowest BCUT2D eigenvalue weighted by Gasteiger charge is -2.19. The van der Waals surface area contributed by atoms with Crippen LogP contribution < -0.4 is 15.4 Å². The van der Waals surface area contributed by atoms with E-state index < -0.39 is 35.3 Å². The van der Waals surface area contributed by atoms with E-state index in [1.54, 1.807) is 0 Å². The number of methoxy groups -OCH3 is 1. The molecule has 0 saturated carbocycles. The van der Waals surface area contributed by atoms with Gasteiger partial charge < -0.3 is 19.8 Å². The molecule has 0 spiro atoms. The number of halogens is 3. The van der Waals surface area contributed by atoms with Crippen LogP contribution in [0.2, 0.25) is 0 Å². The molecule has 7 nitrogen and oxygen atoms in total. The third-order valence-electron chi connectivity index (χ3n) is 4.64. The molecule has 10 heteroatoms. The van der Waals surface area contributed by atoms with Crippen molar-refractivity contribution in [1.29, 1.82) is 0 Å². The van der Waals surface area contributed by atoms with Crippen LogP contribution in [0.3, 0.4) is 0 Å². The second kappa shape index (κ2) is 7.46. The quantitative estimate of drug-likeness (QED) is 0.680. The standard InChI is InChI=1S/C19H15F3N4O3/c1-28-11-6-13(21)15(14(22)7-11)12-8-23-17(27)16(12)24-19-26-25-18(29-19)9-2-4-10(20)5-3-9/h2-7,12,16H,8H2,1H3,(H,23,27)(H,24,26)/t12?,16-/m1/s1. The second-order valence-corrected chi connectivity index (χ2v) is 6.40. The minimum absolute atomic E-state index is 0.0234. The van der Waals surface area contributed by atoms with Gasteiger partial charge in [-0.3, -0.25) is 4.79 Å². The van der Waals surface area contributed by atoms with Gasteiger partial charge in [0, 0.05) is 35.7 Å². The number of aromatic nitrogens is 2. The van der Waals surface area contributed by atoms with Gasteiger partial charge in [0.2, 0.25) is 11.8 Å². The molecule has 2 aromatic carbocycles. The summed E-state index contributed by atoms with van der Waals surface area (Å²) in [7, 11) is 1.30. The Hall–Kier alpha value is -3.56. The number of nitrogens with one attached hydrogen (secondary N) is 2. The van der Waals surface area contributed by atoms with Crippen molar-refractivity contribution in [2.75, 3.05) is 19.0 Å². The molecular formula is C19H15F3N4O3. The highest BCUT2D eigenvalue weighted by Gasteiger charge is 2.40. The number of hydrogen-bond donors (Lipinski definition) is 2. The predicted octanol–water partition coefficient (Wildman–Crippen LogP) is 2.86. The maximum Gasteiger partial charge on any atom is 0.316 e. The minimum atomic E-state index is -1.03. The van der Waals surface area contributed by atoms with Gasteiger partial charge in [-0.05, 0) is 24.3 Å². The maximum atomic E-state index is 14.5. The molecule has 0 radical (unpaired) electrons. The molecule has 1 fully saturated rings. The number of ether oxygens (including phenoxy) is 1. The summed E-state index contributed by atoms with van der Waals surface area (Å²) in [5.41, 5.74) is 0.228. The number of nitrogens with zero attached hydrogens (tertiary/aromatic N) is 2. The lowest BCUT2D eigenvalue weighted by Crippen LogP contribution is -2.33. The third-order valence-corrected chi connectivity index (χ3v) is 4.64. The average Bonchev–Trinajstić information content (AvgIpc) is 3.30. The lowest BCUT2D eigenvalue weighted by atomic mass is 9.93. The van der Waals surface area contributed by atoms with E-state index in [-0.39, 0.29) is 29.8 Å². The number of amides is 1. The van der Waals surface area contributed by atoms with Gasteiger partial charge in [0.15, 0.2) is 0 Å². The van der Waals surface area contributed by atoms with Gasteiger partial charge in [-0.25, -0.2) is 13.2 Å². The van der Waals surface area contributed by atoms with Crippen LogP contribution in [0.1, 0.15) is 11.5 Å². The molecule has 1 aliphatic heterocycles.